The number of benzene rings is 1. The van der Waals surface area contributed by atoms with Crippen molar-refractivity contribution in [2.75, 3.05) is 0 Å². The van der Waals surface area contributed by atoms with Crippen molar-refractivity contribution in [3.05, 3.63) is 69.4 Å². The lowest BCUT2D eigenvalue weighted by atomic mass is 10.1. The molecule has 0 saturated heterocycles. The molecule has 0 fully saturated rings. The third kappa shape index (κ3) is 3.47. The Morgan fingerprint density at radius 2 is 1.62 bits per heavy atom. The first-order chi connectivity index (χ1) is 9.97. The van der Waals surface area contributed by atoms with E-state index in [1.54, 1.807) is 24.3 Å². The van der Waals surface area contributed by atoms with Crippen molar-refractivity contribution < 1.29 is 14.5 Å². The van der Waals surface area contributed by atoms with Crippen molar-refractivity contribution >= 4 is 17.6 Å². The average Bonchev–Trinajstić information content (AvgIpc) is 2.47. The highest BCUT2D eigenvalue weighted by Crippen LogP contribution is 2.08. The SMILES string of the molecule is Cc1ccc(C(=O)NC(=O)c2ccc([N+](=O)[O-])nc2)cc1. The number of nitro groups is 1. The predicted molar refractivity (Wildman–Crippen MR) is 73.9 cm³/mol. The van der Waals surface area contributed by atoms with E-state index in [4.69, 9.17) is 0 Å². The zero-order valence-electron chi connectivity index (χ0n) is 11.1. The highest BCUT2D eigenvalue weighted by molar-refractivity contribution is 6.10. The molecule has 0 saturated carbocycles. The molecule has 21 heavy (non-hydrogen) atoms. The smallest absolute Gasteiger partial charge is 0.358 e. The number of aryl methyl sites for hydroxylation is 1. The summed E-state index contributed by atoms with van der Waals surface area (Å²) in [5.74, 6) is -1.57. The molecule has 1 aromatic carbocycles. The predicted octanol–water partition coefficient (Wildman–Crippen LogP) is 1.87. The van der Waals surface area contributed by atoms with Gasteiger partial charge in [-0.2, -0.15) is 0 Å². The molecule has 0 aliphatic heterocycles. The van der Waals surface area contributed by atoms with Crippen LogP contribution in [-0.2, 0) is 0 Å². The van der Waals surface area contributed by atoms with Gasteiger partial charge in [0.1, 0.15) is 0 Å². The summed E-state index contributed by atoms with van der Waals surface area (Å²) in [7, 11) is 0. The first-order valence-corrected chi connectivity index (χ1v) is 6.00. The van der Waals surface area contributed by atoms with Crippen LogP contribution in [0.1, 0.15) is 26.3 Å². The van der Waals surface area contributed by atoms with Crippen LogP contribution in [0.15, 0.2) is 42.6 Å². The van der Waals surface area contributed by atoms with Crippen molar-refractivity contribution in [1.29, 1.82) is 0 Å². The Morgan fingerprint density at radius 1 is 1.05 bits per heavy atom. The van der Waals surface area contributed by atoms with Crippen LogP contribution in [0, 0.1) is 17.0 Å². The summed E-state index contributed by atoms with van der Waals surface area (Å²) >= 11 is 0. The highest BCUT2D eigenvalue weighted by atomic mass is 16.6. The quantitative estimate of drug-likeness (QED) is 0.527. The monoisotopic (exact) mass is 285 g/mol. The number of rotatable bonds is 3. The van der Waals surface area contributed by atoms with Crippen LogP contribution in [0.25, 0.3) is 0 Å². The van der Waals surface area contributed by atoms with Gasteiger partial charge in [0.15, 0.2) is 6.20 Å². The van der Waals surface area contributed by atoms with Gasteiger partial charge in [0.2, 0.25) is 0 Å². The molecule has 1 aromatic heterocycles. The van der Waals surface area contributed by atoms with Crippen molar-refractivity contribution in [3.63, 3.8) is 0 Å². The van der Waals surface area contributed by atoms with E-state index in [1.165, 1.54) is 6.07 Å². The molecule has 106 valence electrons. The molecular formula is C14H11N3O4. The summed E-state index contributed by atoms with van der Waals surface area (Å²) in [6.45, 7) is 1.88. The van der Waals surface area contributed by atoms with Crippen LogP contribution < -0.4 is 5.32 Å². The Balaban J connectivity index is 2.08. The lowest BCUT2D eigenvalue weighted by Crippen LogP contribution is -2.30. The van der Waals surface area contributed by atoms with E-state index in [2.05, 4.69) is 10.3 Å². The zero-order chi connectivity index (χ0) is 15.4. The van der Waals surface area contributed by atoms with E-state index in [1.807, 2.05) is 6.92 Å². The van der Waals surface area contributed by atoms with Crippen LogP contribution in [0.3, 0.4) is 0 Å². The first kappa shape index (κ1) is 14.3. The number of aromatic nitrogens is 1. The maximum atomic E-state index is 11.9. The fraction of sp³-hybridized carbons (Fsp3) is 0.0714. The number of imide groups is 1. The Bertz CT molecular complexity index is 693. The van der Waals surface area contributed by atoms with Crippen molar-refractivity contribution in [2.24, 2.45) is 0 Å². The van der Waals surface area contributed by atoms with Crippen LogP contribution in [0.5, 0.6) is 0 Å². The van der Waals surface area contributed by atoms with Crippen molar-refractivity contribution in [1.82, 2.24) is 10.3 Å². The third-order valence-corrected chi connectivity index (χ3v) is 2.74. The average molecular weight is 285 g/mol. The summed E-state index contributed by atoms with van der Waals surface area (Å²) in [5, 5.41) is 12.7. The summed E-state index contributed by atoms with van der Waals surface area (Å²) < 4.78 is 0. The normalized spacial score (nSPS) is 9.95. The molecule has 7 heteroatoms. The molecule has 2 rings (SSSR count). The lowest BCUT2D eigenvalue weighted by molar-refractivity contribution is -0.389. The van der Waals surface area contributed by atoms with Crippen LogP contribution in [-0.4, -0.2) is 21.7 Å². The maximum absolute atomic E-state index is 11.9. The molecular weight excluding hydrogens is 274 g/mol. The molecule has 0 aliphatic carbocycles. The molecule has 7 nitrogen and oxygen atoms in total. The Morgan fingerprint density at radius 3 is 2.14 bits per heavy atom. The van der Waals surface area contributed by atoms with E-state index in [0.717, 1.165) is 17.8 Å². The molecule has 2 aromatic rings. The Hall–Kier alpha value is -3.09. The summed E-state index contributed by atoms with van der Waals surface area (Å²) in [6.07, 6.45) is 1.05. The first-order valence-electron chi connectivity index (χ1n) is 6.00. The van der Waals surface area contributed by atoms with Gasteiger partial charge in [0, 0.05) is 11.6 Å². The number of hydrogen-bond donors (Lipinski definition) is 1. The number of pyridine rings is 1. The maximum Gasteiger partial charge on any atom is 0.363 e. The summed E-state index contributed by atoms with van der Waals surface area (Å²) in [6, 6.07) is 9.06. The van der Waals surface area contributed by atoms with Crippen LogP contribution in [0.4, 0.5) is 5.82 Å². The standard InChI is InChI=1S/C14H11N3O4/c1-9-2-4-10(5-3-9)13(18)16-14(19)11-6-7-12(15-8-11)17(20)21/h2-8H,1H3,(H,16,18,19). The van der Waals surface area contributed by atoms with Gasteiger partial charge in [0.05, 0.1) is 5.56 Å². The zero-order valence-corrected chi connectivity index (χ0v) is 11.1. The summed E-state index contributed by atoms with van der Waals surface area (Å²) in [4.78, 5) is 37.0. The van der Waals surface area contributed by atoms with E-state index >= 15 is 0 Å². The number of nitrogens with zero attached hydrogens (tertiary/aromatic N) is 2. The second kappa shape index (κ2) is 5.91. The topological polar surface area (TPSA) is 102 Å². The van der Waals surface area contributed by atoms with Gasteiger partial charge in [-0.25, -0.2) is 0 Å². The van der Waals surface area contributed by atoms with E-state index < -0.39 is 16.7 Å². The minimum Gasteiger partial charge on any atom is -0.358 e. The second-order valence-electron chi connectivity index (χ2n) is 4.31. The van der Waals surface area contributed by atoms with Crippen LogP contribution in [0.2, 0.25) is 0 Å². The van der Waals surface area contributed by atoms with E-state index in [-0.39, 0.29) is 11.4 Å². The second-order valence-corrected chi connectivity index (χ2v) is 4.31. The number of hydrogen-bond acceptors (Lipinski definition) is 5. The Kier molecular flexibility index (Phi) is 4.03. The third-order valence-electron chi connectivity index (χ3n) is 2.74. The molecule has 0 bridgehead atoms. The molecule has 0 spiro atoms. The molecule has 2 amide bonds. The van der Waals surface area contributed by atoms with E-state index in [9.17, 15) is 19.7 Å². The largest absolute Gasteiger partial charge is 0.363 e. The molecule has 0 unspecified atom stereocenters. The van der Waals surface area contributed by atoms with Gasteiger partial charge in [-0.05, 0) is 35.0 Å². The highest BCUT2D eigenvalue weighted by Gasteiger charge is 2.15. The van der Waals surface area contributed by atoms with Crippen molar-refractivity contribution in [3.8, 4) is 0 Å². The molecule has 0 atom stereocenters. The summed E-state index contributed by atoms with van der Waals surface area (Å²) in [5.41, 5.74) is 1.42. The molecule has 0 radical (unpaired) electrons. The fourth-order valence-corrected chi connectivity index (χ4v) is 1.58. The number of nitrogens with one attached hydrogen (secondary N) is 1. The number of carbonyl (C=O) groups excluding carboxylic acids is 2. The van der Waals surface area contributed by atoms with Crippen LogP contribution >= 0.6 is 0 Å². The Labute approximate surface area is 119 Å². The van der Waals surface area contributed by atoms with Gasteiger partial charge in [-0.15, -0.1) is 0 Å². The van der Waals surface area contributed by atoms with E-state index in [0.29, 0.717) is 5.56 Å². The minimum atomic E-state index is -0.668. The van der Waals surface area contributed by atoms with Gasteiger partial charge in [-0.3, -0.25) is 14.9 Å². The van der Waals surface area contributed by atoms with Gasteiger partial charge in [-0.1, -0.05) is 17.7 Å². The molecule has 0 aliphatic rings. The van der Waals surface area contributed by atoms with Gasteiger partial charge >= 0.3 is 5.82 Å². The number of amides is 2. The molecule has 1 N–H and O–H groups in total. The number of carbonyl (C=O) groups is 2. The van der Waals surface area contributed by atoms with Crippen molar-refractivity contribution in [2.45, 2.75) is 6.92 Å². The van der Waals surface area contributed by atoms with Gasteiger partial charge < -0.3 is 10.1 Å². The minimum absolute atomic E-state index is 0.0704. The molecule has 1 heterocycles. The lowest BCUT2D eigenvalue weighted by Gasteiger charge is -2.03. The van der Waals surface area contributed by atoms with Gasteiger partial charge in [0.25, 0.3) is 11.8 Å². The fourth-order valence-electron chi connectivity index (χ4n) is 1.58.